The van der Waals surface area contributed by atoms with Gasteiger partial charge < -0.3 is 15.0 Å². The molecule has 128 valence electrons. The predicted molar refractivity (Wildman–Crippen MR) is 95.7 cm³/mol. The Morgan fingerprint density at radius 1 is 1.04 bits per heavy atom. The SMILES string of the molecule is CC1(C)CC(OC(=O)c2ccc3ccccc3c2)CC(C)(C)N1[O-]. The number of fused-ring (bicyclic) bond motifs is 1. The Hall–Kier alpha value is -1.91. The van der Waals surface area contributed by atoms with Crippen LogP contribution in [0, 0.1) is 5.21 Å². The first kappa shape index (κ1) is 16.9. The van der Waals surface area contributed by atoms with Crippen molar-refractivity contribution in [3.63, 3.8) is 0 Å². The summed E-state index contributed by atoms with van der Waals surface area (Å²) in [7, 11) is 0. The smallest absolute Gasteiger partial charge is 0.338 e. The average Bonchev–Trinajstić information content (AvgIpc) is 2.51. The molecule has 0 saturated carbocycles. The first-order chi connectivity index (χ1) is 11.2. The molecule has 1 aliphatic heterocycles. The number of ether oxygens (including phenoxy) is 1. The summed E-state index contributed by atoms with van der Waals surface area (Å²) in [6, 6.07) is 13.5. The number of hydrogen-bond donors (Lipinski definition) is 0. The van der Waals surface area contributed by atoms with Crippen molar-refractivity contribution in [3.05, 3.63) is 53.2 Å². The lowest BCUT2D eigenvalue weighted by Gasteiger charge is -2.59. The third-order valence-electron chi connectivity index (χ3n) is 4.81. The second kappa shape index (κ2) is 5.87. The lowest BCUT2D eigenvalue weighted by Crippen LogP contribution is -2.59. The van der Waals surface area contributed by atoms with Crippen LogP contribution in [0.5, 0.6) is 0 Å². The summed E-state index contributed by atoms with van der Waals surface area (Å²) in [6.45, 7) is 7.60. The van der Waals surface area contributed by atoms with Crippen LogP contribution in [0.25, 0.3) is 10.8 Å². The van der Waals surface area contributed by atoms with Crippen LogP contribution in [0.2, 0.25) is 0 Å². The highest BCUT2D eigenvalue weighted by Gasteiger charge is 2.41. The average molecular weight is 326 g/mol. The summed E-state index contributed by atoms with van der Waals surface area (Å²) >= 11 is 0. The van der Waals surface area contributed by atoms with Gasteiger partial charge in [0.2, 0.25) is 0 Å². The number of piperidine rings is 1. The first-order valence-electron chi connectivity index (χ1n) is 8.36. The van der Waals surface area contributed by atoms with Crippen LogP contribution in [0.15, 0.2) is 42.5 Å². The van der Waals surface area contributed by atoms with Crippen LogP contribution in [-0.4, -0.2) is 28.2 Å². The maximum Gasteiger partial charge on any atom is 0.338 e. The fraction of sp³-hybridized carbons (Fsp3) is 0.450. The van der Waals surface area contributed by atoms with E-state index in [9.17, 15) is 10.0 Å². The molecule has 0 amide bonds. The minimum atomic E-state index is -0.546. The van der Waals surface area contributed by atoms with E-state index in [-0.39, 0.29) is 12.1 Å². The van der Waals surface area contributed by atoms with Gasteiger partial charge in [0.25, 0.3) is 0 Å². The Bertz CT molecular complexity index is 748. The van der Waals surface area contributed by atoms with Gasteiger partial charge in [0.05, 0.1) is 5.56 Å². The van der Waals surface area contributed by atoms with Gasteiger partial charge in [-0.05, 0) is 50.6 Å². The van der Waals surface area contributed by atoms with Gasteiger partial charge in [0.15, 0.2) is 0 Å². The summed E-state index contributed by atoms with van der Waals surface area (Å²) in [5.41, 5.74) is -0.541. The highest BCUT2D eigenvalue weighted by Crippen LogP contribution is 2.38. The predicted octanol–water partition coefficient (Wildman–Crippen LogP) is 4.52. The zero-order valence-corrected chi connectivity index (χ0v) is 14.7. The molecule has 0 radical (unpaired) electrons. The minimum Gasteiger partial charge on any atom is -0.784 e. The van der Waals surface area contributed by atoms with Crippen molar-refractivity contribution < 1.29 is 9.53 Å². The molecule has 3 rings (SSSR count). The summed E-state index contributed by atoms with van der Waals surface area (Å²) in [4.78, 5) is 12.5. The maximum atomic E-state index is 12.5. The van der Waals surface area contributed by atoms with Gasteiger partial charge in [0, 0.05) is 23.9 Å². The standard InChI is InChI=1S/C20H24NO3/c1-19(2)12-17(13-20(3,4)21(19)23)24-18(22)16-10-9-14-7-5-6-8-15(14)11-16/h5-11,17H,12-13H2,1-4H3/q-1. The molecular weight excluding hydrogens is 302 g/mol. The zero-order valence-electron chi connectivity index (χ0n) is 14.7. The third kappa shape index (κ3) is 3.17. The molecule has 1 saturated heterocycles. The second-order valence-corrected chi connectivity index (χ2v) is 7.92. The van der Waals surface area contributed by atoms with Gasteiger partial charge in [-0.3, -0.25) is 0 Å². The number of hydrogen-bond acceptors (Lipinski definition) is 4. The molecule has 0 bridgehead atoms. The molecule has 4 nitrogen and oxygen atoms in total. The van der Waals surface area contributed by atoms with Crippen LogP contribution < -0.4 is 0 Å². The Morgan fingerprint density at radius 2 is 1.62 bits per heavy atom. The Labute approximate surface area is 143 Å². The largest absolute Gasteiger partial charge is 0.784 e. The number of benzene rings is 2. The van der Waals surface area contributed by atoms with Crippen molar-refractivity contribution in [2.24, 2.45) is 0 Å². The van der Waals surface area contributed by atoms with Crippen LogP contribution in [0.4, 0.5) is 0 Å². The van der Waals surface area contributed by atoms with E-state index in [0.717, 1.165) is 15.8 Å². The molecule has 0 aliphatic carbocycles. The van der Waals surface area contributed by atoms with Gasteiger partial charge in [0.1, 0.15) is 6.10 Å². The molecule has 0 N–H and O–H groups in total. The van der Waals surface area contributed by atoms with E-state index in [4.69, 9.17) is 4.74 Å². The number of carbonyl (C=O) groups is 1. The fourth-order valence-electron chi connectivity index (χ4n) is 3.79. The monoisotopic (exact) mass is 326 g/mol. The summed E-state index contributed by atoms with van der Waals surface area (Å²) in [5, 5.41) is 15.6. The van der Waals surface area contributed by atoms with Crippen molar-refractivity contribution >= 4 is 16.7 Å². The topological polar surface area (TPSA) is 52.6 Å². The molecule has 2 aromatic carbocycles. The quantitative estimate of drug-likeness (QED) is 0.762. The van der Waals surface area contributed by atoms with Gasteiger partial charge in [-0.15, -0.1) is 0 Å². The number of rotatable bonds is 2. The third-order valence-corrected chi connectivity index (χ3v) is 4.81. The van der Waals surface area contributed by atoms with Crippen LogP contribution in [-0.2, 0) is 4.74 Å². The van der Waals surface area contributed by atoms with E-state index in [0.29, 0.717) is 18.4 Å². The van der Waals surface area contributed by atoms with Gasteiger partial charge >= 0.3 is 5.97 Å². The van der Waals surface area contributed by atoms with Crippen LogP contribution in [0.1, 0.15) is 50.9 Å². The number of esters is 1. The van der Waals surface area contributed by atoms with Gasteiger partial charge in [-0.2, -0.15) is 0 Å². The summed E-state index contributed by atoms with van der Waals surface area (Å²) < 4.78 is 5.74. The van der Waals surface area contributed by atoms with E-state index in [1.807, 2.05) is 64.1 Å². The molecule has 0 atom stereocenters. The van der Waals surface area contributed by atoms with Crippen molar-refractivity contribution in [1.29, 1.82) is 0 Å². The molecule has 1 heterocycles. The number of hydroxylamine groups is 2. The summed E-state index contributed by atoms with van der Waals surface area (Å²) in [5.74, 6) is -0.322. The van der Waals surface area contributed by atoms with Crippen molar-refractivity contribution in [2.75, 3.05) is 0 Å². The highest BCUT2D eigenvalue weighted by molar-refractivity contribution is 5.95. The molecule has 24 heavy (non-hydrogen) atoms. The van der Waals surface area contributed by atoms with E-state index >= 15 is 0 Å². The van der Waals surface area contributed by atoms with Crippen LogP contribution >= 0.6 is 0 Å². The first-order valence-corrected chi connectivity index (χ1v) is 8.36. The Morgan fingerprint density at radius 3 is 2.25 bits per heavy atom. The molecule has 0 aromatic heterocycles. The second-order valence-electron chi connectivity index (χ2n) is 7.92. The van der Waals surface area contributed by atoms with Gasteiger partial charge in [-0.25, -0.2) is 4.79 Å². The normalized spacial score (nSPS) is 20.9. The number of nitrogens with zero attached hydrogens (tertiary/aromatic N) is 1. The maximum absolute atomic E-state index is 12.5. The molecule has 1 fully saturated rings. The van der Waals surface area contributed by atoms with Crippen molar-refractivity contribution in [2.45, 2.75) is 57.7 Å². The molecule has 2 aromatic rings. The lowest BCUT2D eigenvalue weighted by molar-refractivity contribution is -0.0617. The summed E-state index contributed by atoms with van der Waals surface area (Å²) in [6.07, 6.45) is 0.831. The van der Waals surface area contributed by atoms with Crippen molar-refractivity contribution in [1.82, 2.24) is 5.06 Å². The molecular formula is C20H24NO3-. The number of carbonyl (C=O) groups excluding carboxylic acids is 1. The zero-order chi connectivity index (χ0) is 17.5. The van der Waals surface area contributed by atoms with Gasteiger partial charge in [-0.1, -0.05) is 30.3 Å². The Balaban J connectivity index is 1.78. The molecule has 0 unspecified atom stereocenters. The van der Waals surface area contributed by atoms with E-state index in [1.165, 1.54) is 0 Å². The van der Waals surface area contributed by atoms with E-state index < -0.39 is 11.1 Å². The van der Waals surface area contributed by atoms with Crippen molar-refractivity contribution in [3.8, 4) is 0 Å². The molecule has 0 spiro atoms. The van der Waals surface area contributed by atoms with E-state index in [1.54, 1.807) is 6.07 Å². The fourth-order valence-corrected chi connectivity index (χ4v) is 3.79. The molecule has 1 aliphatic rings. The van der Waals surface area contributed by atoms with E-state index in [2.05, 4.69) is 0 Å². The van der Waals surface area contributed by atoms with Crippen LogP contribution in [0.3, 0.4) is 0 Å². The molecule has 4 heteroatoms. The Kier molecular flexibility index (Phi) is 4.14. The minimum absolute atomic E-state index is 0.251. The lowest BCUT2D eigenvalue weighted by atomic mass is 9.80. The highest BCUT2D eigenvalue weighted by atomic mass is 16.5.